The van der Waals surface area contributed by atoms with Gasteiger partial charge in [-0.2, -0.15) is 0 Å². The third-order valence-corrected chi connectivity index (χ3v) is 12.2. The summed E-state index contributed by atoms with van der Waals surface area (Å²) in [6.07, 6.45) is 27.2. The first-order valence-electron chi connectivity index (χ1n) is 23.3. The third-order valence-electron chi connectivity index (χ3n) is 12.2. The summed E-state index contributed by atoms with van der Waals surface area (Å²) in [5, 5.41) is 0. The van der Waals surface area contributed by atoms with E-state index in [2.05, 4.69) is 102 Å². The Bertz CT molecular complexity index is 803. The monoisotopic (exact) mass is 734 g/mol. The van der Waals surface area contributed by atoms with Crippen LogP contribution in [0.2, 0.25) is 0 Å². The summed E-state index contributed by atoms with van der Waals surface area (Å²) in [7, 11) is 4.25. The molecule has 0 saturated carbocycles. The molecular weight excluding hydrogens is 635 g/mol. The molecule has 0 aromatic carbocycles. The van der Waals surface area contributed by atoms with Crippen LogP contribution in [0.15, 0.2) is 0 Å². The molecule has 52 heavy (non-hydrogen) atoms. The highest BCUT2D eigenvalue weighted by Crippen LogP contribution is 2.39. The minimum atomic E-state index is 0.0564. The van der Waals surface area contributed by atoms with Crippen molar-refractivity contribution in [2.75, 3.05) is 20.6 Å². The van der Waals surface area contributed by atoms with Crippen molar-refractivity contribution in [3.05, 3.63) is 0 Å². The van der Waals surface area contributed by atoms with E-state index >= 15 is 0 Å². The zero-order valence-electron chi connectivity index (χ0n) is 38.4. The molecule has 0 spiro atoms. The van der Waals surface area contributed by atoms with E-state index in [0.29, 0.717) is 24.2 Å². The topological polar surface area (TPSA) is 29.5 Å². The summed E-state index contributed by atoms with van der Waals surface area (Å²) in [4.78, 5) is 15.9. The minimum Gasteiger partial charge on any atom is -0.462 e. The molecule has 0 radical (unpaired) electrons. The highest BCUT2D eigenvalue weighted by atomic mass is 16.5. The highest BCUT2D eigenvalue weighted by molar-refractivity contribution is 5.69. The average Bonchev–Trinajstić information content (AvgIpc) is 3.03. The van der Waals surface area contributed by atoms with Crippen molar-refractivity contribution in [3.63, 3.8) is 0 Å². The number of unbranched alkanes of at least 4 members (excludes halogenated alkanes) is 1. The van der Waals surface area contributed by atoms with Crippen molar-refractivity contribution in [3.8, 4) is 0 Å². The quantitative estimate of drug-likeness (QED) is 0.0480. The van der Waals surface area contributed by atoms with Crippen LogP contribution >= 0.6 is 0 Å². The van der Waals surface area contributed by atoms with Crippen LogP contribution in [-0.2, 0) is 9.53 Å². The third kappa shape index (κ3) is 30.7. The number of rotatable bonds is 35. The fraction of sp³-hybridized carbons (Fsp3) is 0.980. The van der Waals surface area contributed by atoms with Gasteiger partial charge in [0.25, 0.3) is 0 Å². The van der Waals surface area contributed by atoms with E-state index in [1.165, 1.54) is 116 Å². The lowest BCUT2D eigenvalue weighted by Crippen LogP contribution is -2.34. The Morgan fingerprint density at radius 2 is 0.846 bits per heavy atom. The van der Waals surface area contributed by atoms with Crippen LogP contribution in [0.5, 0.6) is 0 Å². The number of esters is 1. The normalized spacial score (nSPS) is 16.5. The maximum absolute atomic E-state index is 13.7. The van der Waals surface area contributed by atoms with Gasteiger partial charge in [-0.1, -0.05) is 173 Å². The van der Waals surface area contributed by atoms with Gasteiger partial charge >= 0.3 is 5.97 Å². The lowest BCUT2D eigenvalue weighted by Gasteiger charge is -2.37. The van der Waals surface area contributed by atoms with Gasteiger partial charge in [0.1, 0.15) is 6.10 Å². The Balaban J connectivity index is 6.39. The molecule has 3 nitrogen and oxygen atoms in total. The molecule has 0 aliphatic rings. The summed E-state index contributed by atoms with van der Waals surface area (Å²) in [5.74, 6) is 7.22. The van der Waals surface area contributed by atoms with Crippen LogP contribution in [-0.4, -0.2) is 37.6 Å². The van der Waals surface area contributed by atoms with E-state index in [9.17, 15) is 4.79 Å². The second-order valence-corrected chi connectivity index (χ2v) is 20.4. The van der Waals surface area contributed by atoms with Crippen molar-refractivity contribution >= 4 is 5.97 Å². The standard InChI is InChI=1S/C49H99NO2/c1-38(2)21-17-25-42(9)30-33-46(37-45(12)28-20-24-41(7)8)47(34-31-43(10)26-18-22-39(3)4)48(35-32-44(11)27-19-23-40(5)6)52-49(51)29-15-16-36-50(13)14/h38-48H,15-37H2,1-14H3. The smallest absolute Gasteiger partial charge is 0.306 e. The van der Waals surface area contributed by atoms with Crippen LogP contribution in [0.3, 0.4) is 0 Å². The van der Waals surface area contributed by atoms with Crippen LogP contribution in [0.1, 0.15) is 224 Å². The summed E-state index contributed by atoms with van der Waals surface area (Å²) in [5.41, 5.74) is 0. The number of carbonyl (C=O) groups excluding carboxylic acids is 1. The van der Waals surface area contributed by atoms with Crippen molar-refractivity contribution in [2.24, 2.45) is 59.2 Å². The number of hydrogen-bond donors (Lipinski definition) is 0. The van der Waals surface area contributed by atoms with Crippen molar-refractivity contribution in [2.45, 2.75) is 230 Å². The second-order valence-electron chi connectivity index (χ2n) is 20.4. The van der Waals surface area contributed by atoms with Crippen LogP contribution in [0, 0.1) is 59.2 Å². The van der Waals surface area contributed by atoms with E-state index < -0.39 is 0 Å². The lowest BCUT2D eigenvalue weighted by molar-refractivity contribution is -0.154. The molecule has 7 atom stereocenters. The summed E-state index contributed by atoms with van der Waals surface area (Å²) >= 11 is 0. The molecule has 0 heterocycles. The zero-order valence-corrected chi connectivity index (χ0v) is 38.4. The fourth-order valence-corrected chi connectivity index (χ4v) is 8.51. The molecule has 3 heteroatoms. The molecule has 0 aromatic heterocycles. The van der Waals surface area contributed by atoms with Gasteiger partial charge in [0, 0.05) is 6.42 Å². The Morgan fingerprint density at radius 1 is 0.442 bits per heavy atom. The van der Waals surface area contributed by atoms with Crippen LogP contribution in [0.4, 0.5) is 0 Å². The largest absolute Gasteiger partial charge is 0.462 e. The Morgan fingerprint density at radius 3 is 1.27 bits per heavy atom. The number of ether oxygens (including phenoxy) is 1. The molecule has 7 unspecified atom stereocenters. The SMILES string of the molecule is CC(C)CCCC(C)CCC(CC(C)CCCC(C)C)C(CCC(C)CCCC(C)C)C(CCC(C)CCCC(C)C)OC(=O)CCCCN(C)C. The van der Waals surface area contributed by atoms with Crippen molar-refractivity contribution in [1.29, 1.82) is 0 Å². The summed E-state index contributed by atoms with van der Waals surface area (Å²) in [6.45, 7) is 29.9. The van der Waals surface area contributed by atoms with E-state index in [1.54, 1.807) is 0 Å². The van der Waals surface area contributed by atoms with Gasteiger partial charge in [-0.3, -0.25) is 4.79 Å². The molecule has 0 aromatic rings. The fourth-order valence-electron chi connectivity index (χ4n) is 8.51. The predicted octanol–water partition coefficient (Wildman–Crippen LogP) is 15.4. The van der Waals surface area contributed by atoms with Gasteiger partial charge in [-0.05, 0) is 125 Å². The first kappa shape index (κ1) is 51.4. The maximum atomic E-state index is 13.7. The Hall–Kier alpha value is -0.570. The molecule has 0 N–H and O–H groups in total. The second kappa shape index (κ2) is 31.6. The van der Waals surface area contributed by atoms with Gasteiger partial charge in [-0.25, -0.2) is 0 Å². The molecule has 0 amide bonds. The molecule has 0 bridgehead atoms. The first-order chi connectivity index (χ1) is 24.5. The number of carbonyl (C=O) groups is 1. The van der Waals surface area contributed by atoms with Crippen molar-refractivity contribution in [1.82, 2.24) is 4.90 Å². The first-order valence-corrected chi connectivity index (χ1v) is 23.3. The maximum Gasteiger partial charge on any atom is 0.306 e. The van der Waals surface area contributed by atoms with E-state index in [0.717, 1.165) is 67.2 Å². The predicted molar refractivity (Wildman–Crippen MR) is 233 cm³/mol. The molecular formula is C49H99NO2. The Labute approximate surface area is 329 Å². The Kier molecular flexibility index (Phi) is 31.3. The van der Waals surface area contributed by atoms with Crippen LogP contribution in [0.25, 0.3) is 0 Å². The number of nitrogens with zero attached hydrogens (tertiary/aromatic N) is 1. The average molecular weight is 734 g/mol. The molecule has 312 valence electrons. The van der Waals surface area contributed by atoms with E-state index in [4.69, 9.17) is 4.74 Å². The molecule has 0 fully saturated rings. The van der Waals surface area contributed by atoms with Crippen molar-refractivity contribution < 1.29 is 9.53 Å². The number of hydrogen-bond acceptors (Lipinski definition) is 3. The molecule has 0 aliphatic carbocycles. The van der Waals surface area contributed by atoms with Gasteiger partial charge in [-0.15, -0.1) is 0 Å². The van der Waals surface area contributed by atoms with Crippen LogP contribution < -0.4 is 0 Å². The molecule has 0 aliphatic heterocycles. The van der Waals surface area contributed by atoms with Gasteiger partial charge in [0.2, 0.25) is 0 Å². The lowest BCUT2D eigenvalue weighted by atomic mass is 9.72. The summed E-state index contributed by atoms with van der Waals surface area (Å²) < 4.78 is 6.78. The zero-order chi connectivity index (χ0) is 39.5. The molecule has 0 rings (SSSR count). The van der Waals surface area contributed by atoms with E-state index in [-0.39, 0.29) is 12.1 Å². The summed E-state index contributed by atoms with van der Waals surface area (Å²) in [6, 6.07) is 0. The van der Waals surface area contributed by atoms with E-state index in [1.807, 2.05) is 0 Å². The molecule has 0 saturated heterocycles. The van der Waals surface area contributed by atoms with Gasteiger partial charge in [0.15, 0.2) is 0 Å². The van der Waals surface area contributed by atoms with Gasteiger partial charge in [0.05, 0.1) is 0 Å². The highest BCUT2D eigenvalue weighted by Gasteiger charge is 2.33. The minimum absolute atomic E-state index is 0.0564. The van der Waals surface area contributed by atoms with Gasteiger partial charge < -0.3 is 9.64 Å².